The fourth-order valence-corrected chi connectivity index (χ4v) is 1.14. The van der Waals surface area contributed by atoms with E-state index in [-0.39, 0.29) is 5.96 Å². The minimum absolute atomic E-state index is 0.123. The van der Waals surface area contributed by atoms with Crippen LogP contribution < -0.4 is 16.4 Å². The van der Waals surface area contributed by atoms with Crippen LogP contribution in [0.25, 0.3) is 0 Å². The van der Waals surface area contributed by atoms with Crippen molar-refractivity contribution in [3.63, 3.8) is 0 Å². The zero-order chi connectivity index (χ0) is 14.2. The molecule has 0 heterocycles. The van der Waals surface area contributed by atoms with Gasteiger partial charge in [-0.15, -0.1) is 0 Å². The average molecular weight is 257 g/mol. The molecule has 7 nitrogen and oxygen atoms in total. The standard InChI is InChI=1S/C11H21N4O3/c1-11(2,3)18-10(17)15-8(7-16)5-4-6-14-9(12)13/h8H,4-6H2,1-3H3,(H,15,17)(H4,12,13,14). The van der Waals surface area contributed by atoms with Gasteiger partial charge >= 0.3 is 6.09 Å². The molecule has 0 aliphatic rings. The van der Waals surface area contributed by atoms with Crippen LogP contribution in [0.3, 0.4) is 0 Å². The van der Waals surface area contributed by atoms with E-state index in [1.54, 1.807) is 27.1 Å². The number of rotatable bonds is 6. The second kappa shape index (κ2) is 7.52. The van der Waals surface area contributed by atoms with E-state index in [2.05, 4.69) is 10.6 Å². The van der Waals surface area contributed by atoms with Gasteiger partial charge in [-0.2, -0.15) is 0 Å². The minimum Gasteiger partial charge on any atom is -0.444 e. The molecule has 0 aromatic carbocycles. The number of amides is 1. The lowest BCUT2D eigenvalue weighted by molar-refractivity contribution is 0.0515. The Balaban J connectivity index is 3.93. The first-order chi connectivity index (χ1) is 8.24. The van der Waals surface area contributed by atoms with Crippen molar-refractivity contribution in [1.29, 1.82) is 5.41 Å². The molecule has 0 aromatic heterocycles. The maximum absolute atomic E-state index is 11.4. The third-order valence-corrected chi connectivity index (χ3v) is 1.82. The van der Waals surface area contributed by atoms with Crippen LogP contribution in [0.4, 0.5) is 4.79 Å². The smallest absolute Gasteiger partial charge is 0.408 e. The molecule has 1 atom stereocenters. The number of nitrogens with two attached hydrogens (primary N) is 1. The first-order valence-corrected chi connectivity index (χ1v) is 5.69. The van der Waals surface area contributed by atoms with Gasteiger partial charge in [0.05, 0.1) is 6.04 Å². The summed E-state index contributed by atoms with van der Waals surface area (Å²) in [5.74, 6) is -0.123. The second-order valence-electron chi connectivity index (χ2n) is 4.80. The highest BCUT2D eigenvalue weighted by molar-refractivity contribution is 5.74. The van der Waals surface area contributed by atoms with Gasteiger partial charge in [-0.3, -0.25) is 10.2 Å². The van der Waals surface area contributed by atoms with Gasteiger partial charge in [0.1, 0.15) is 5.60 Å². The van der Waals surface area contributed by atoms with E-state index in [0.29, 0.717) is 19.4 Å². The van der Waals surface area contributed by atoms with Crippen molar-refractivity contribution in [2.45, 2.75) is 45.3 Å². The molecule has 1 amide bonds. The SMILES string of the molecule is CC(C)(C)OC(=O)NC([C]=O)CCCNC(=N)N. The second-order valence-corrected chi connectivity index (χ2v) is 4.80. The van der Waals surface area contributed by atoms with Crippen LogP contribution in [0.1, 0.15) is 33.6 Å². The summed E-state index contributed by atoms with van der Waals surface area (Å²) < 4.78 is 5.02. The molecule has 7 heteroatoms. The quantitative estimate of drug-likeness (QED) is 0.309. The highest BCUT2D eigenvalue weighted by atomic mass is 16.6. The van der Waals surface area contributed by atoms with Gasteiger partial charge in [-0.05, 0) is 33.6 Å². The van der Waals surface area contributed by atoms with Gasteiger partial charge < -0.3 is 21.1 Å². The van der Waals surface area contributed by atoms with E-state index in [9.17, 15) is 9.59 Å². The van der Waals surface area contributed by atoms with Gasteiger partial charge in [-0.25, -0.2) is 4.79 Å². The highest BCUT2D eigenvalue weighted by Crippen LogP contribution is 2.07. The molecule has 0 fully saturated rings. The predicted molar refractivity (Wildman–Crippen MR) is 68.0 cm³/mol. The Morgan fingerprint density at radius 3 is 2.56 bits per heavy atom. The van der Waals surface area contributed by atoms with E-state index in [0.717, 1.165) is 0 Å². The molecule has 0 saturated heterocycles. The van der Waals surface area contributed by atoms with Crippen LogP contribution in [0, 0.1) is 5.41 Å². The summed E-state index contributed by atoms with van der Waals surface area (Å²) in [6.07, 6.45) is 2.07. The molecular formula is C11H21N4O3. The summed E-state index contributed by atoms with van der Waals surface area (Å²) in [5.41, 5.74) is 4.49. The Hall–Kier alpha value is -1.79. The fraction of sp³-hybridized carbons (Fsp3) is 0.727. The molecule has 0 saturated carbocycles. The zero-order valence-electron chi connectivity index (χ0n) is 11.0. The summed E-state index contributed by atoms with van der Waals surface area (Å²) in [7, 11) is 0. The van der Waals surface area contributed by atoms with Crippen LogP contribution in [0.2, 0.25) is 0 Å². The Morgan fingerprint density at radius 2 is 2.11 bits per heavy atom. The summed E-state index contributed by atoms with van der Waals surface area (Å²) in [5, 5.41) is 12.0. The summed E-state index contributed by atoms with van der Waals surface area (Å²) in [4.78, 5) is 22.0. The van der Waals surface area contributed by atoms with Gasteiger partial charge in [0.15, 0.2) is 5.96 Å². The normalized spacial score (nSPS) is 12.4. The Bertz CT molecular complexity index is 299. The first kappa shape index (κ1) is 16.2. The molecule has 5 N–H and O–H groups in total. The molecule has 103 valence electrons. The van der Waals surface area contributed by atoms with E-state index < -0.39 is 17.7 Å². The van der Waals surface area contributed by atoms with Gasteiger partial charge in [0.2, 0.25) is 6.29 Å². The molecule has 18 heavy (non-hydrogen) atoms. The number of nitrogens with one attached hydrogen (secondary N) is 3. The number of guanidine groups is 1. The van der Waals surface area contributed by atoms with Crippen molar-refractivity contribution < 1.29 is 14.3 Å². The first-order valence-electron chi connectivity index (χ1n) is 5.69. The molecular weight excluding hydrogens is 236 g/mol. The highest BCUT2D eigenvalue weighted by Gasteiger charge is 2.19. The number of carbonyl (C=O) groups excluding carboxylic acids is 2. The van der Waals surface area contributed by atoms with Crippen molar-refractivity contribution in [1.82, 2.24) is 10.6 Å². The molecule has 0 aliphatic heterocycles. The maximum atomic E-state index is 11.4. The molecule has 1 radical (unpaired) electrons. The summed E-state index contributed by atoms with van der Waals surface area (Å²) in [6.45, 7) is 5.68. The number of hydrogen-bond acceptors (Lipinski definition) is 4. The zero-order valence-corrected chi connectivity index (χ0v) is 11.0. The van der Waals surface area contributed by atoms with Crippen molar-refractivity contribution >= 4 is 18.3 Å². The molecule has 0 aliphatic carbocycles. The van der Waals surface area contributed by atoms with Crippen molar-refractivity contribution in [2.75, 3.05) is 6.54 Å². The Kier molecular flexibility index (Phi) is 6.77. The number of alkyl carbamates (subject to hydrolysis) is 1. The molecule has 0 aromatic rings. The summed E-state index contributed by atoms with van der Waals surface area (Å²) in [6, 6.07) is -0.714. The molecule has 0 rings (SSSR count). The largest absolute Gasteiger partial charge is 0.444 e. The monoisotopic (exact) mass is 257 g/mol. The molecule has 0 bridgehead atoms. The fourth-order valence-electron chi connectivity index (χ4n) is 1.14. The Labute approximate surface area is 107 Å². The van der Waals surface area contributed by atoms with Crippen LogP contribution in [-0.2, 0) is 9.53 Å². The van der Waals surface area contributed by atoms with Crippen LogP contribution in [0.5, 0.6) is 0 Å². The maximum Gasteiger partial charge on any atom is 0.408 e. The van der Waals surface area contributed by atoms with E-state index in [1.807, 2.05) is 0 Å². The number of hydrogen-bond donors (Lipinski definition) is 4. The van der Waals surface area contributed by atoms with Gasteiger partial charge in [0.25, 0.3) is 0 Å². The van der Waals surface area contributed by atoms with Gasteiger partial charge in [-0.1, -0.05) is 0 Å². The topological polar surface area (TPSA) is 117 Å². The lowest BCUT2D eigenvalue weighted by Crippen LogP contribution is -2.40. The average Bonchev–Trinajstić information content (AvgIpc) is 2.19. The van der Waals surface area contributed by atoms with Crippen molar-refractivity contribution in [2.24, 2.45) is 5.73 Å². The predicted octanol–water partition coefficient (Wildman–Crippen LogP) is 0.253. The van der Waals surface area contributed by atoms with Crippen LogP contribution in [-0.4, -0.2) is 36.5 Å². The molecule has 1 unspecified atom stereocenters. The van der Waals surface area contributed by atoms with Crippen LogP contribution in [0.15, 0.2) is 0 Å². The minimum atomic E-state index is -0.714. The van der Waals surface area contributed by atoms with E-state index in [4.69, 9.17) is 15.9 Å². The van der Waals surface area contributed by atoms with E-state index >= 15 is 0 Å². The van der Waals surface area contributed by atoms with Crippen molar-refractivity contribution in [3.8, 4) is 0 Å². The third kappa shape index (κ3) is 9.44. The van der Waals surface area contributed by atoms with E-state index in [1.165, 1.54) is 0 Å². The van der Waals surface area contributed by atoms with Crippen LogP contribution >= 0.6 is 0 Å². The lowest BCUT2D eigenvalue weighted by Gasteiger charge is -2.21. The number of ether oxygens (including phenoxy) is 1. The summed E-state index contributed by atoms with van der Waals surface area (Å²) >= 11 is 0. The third-order valence-electron chi connectivity index (χ3n) is 1.82. The Morgan fingerprint density at radius 1 is 1.50 bits per heavy atom. The number of carbonyl (C=O) groups is 1. The van der Waals surface area contributed by atoms with Crippen molar-refractivity contribution in [3.05, 3.63) is 0 Å². The lowest BCUT2D eigenvalue weighted by atomic mass is 10.2. The van der Waals surface area contributed by atoms with Gasteiger partial charge in [0, 0.05) is 6.54 Å². The molecule has 0 spiro atoms.